The Balaban J connectivity index is 1.17. The molecule has 2 amide bonds. The van der Waals surface area contributed by atoms with Crippen LogP contribution in [0.3, 0.4) is 0 Å². The lowest BCUT2D eigenvalue weighted by Crippen LogP contribution is -2.57. The molecule has 0 unspecified atom stereocenters. The molecule has 1 saturated carbocycles. The van der Waals surface area contributed by atoms with Crippen molar-refractivity contribution in [2.75, 3.05) is 25.1 Å². The van der Waals surface area contributed by atoms with E-state index in [0.717, 1.165) is 0 Å². The zero-order valence-corrected chi connectivity index (χ0v) is 27.0. The van der Waals surface area contributed by atoms with Crippen molar-refractivity contribution < 1.29 is 27.9 Å². The SMILES string of the molecule is Cn1cc(C#Cc2ccc(NC(=O)[C@@H]3COCCN3C(=O)[C@H](NS(=O)(=O)C3CC3)c3ccccc3)cc2)c(-c2cc(Cl)ccc2O)n1. The highest BCUT2D eigenvalue weighted by atomic mass is 35.5. The quantitative estimate of drug-likeness (QED) is 0.241. The fraction of sp³-hybridized carbons (Fsp3) is 0.265. The summed E-state index contributed by atoms with van der Waals surface area (Å²) in [6, 6.07) is 18.1. The van der Waals surface area contributed by atoms with E-state index in [9.17, 15) is 23.1 Å². The number of nitrogens with one attached hydrogen (secondary N) is 2. The minimum absolute atomic E-state index is 0.0341. The average molecular weight is 674 g/mol. The molecule has 2 aliphatic rings. The summed E-state index contributed by atoms with van der Waals surface area (Å²) >= 11 is 6.13. The van der Waals surface area contributed by atoms with Crippen molar-refractivity contribution in [2.24, 2.45) is 7.05 Å². The number of sulfonamides is 1. The molecule has 0 spiro atoms. The molecule has 3 N–H and O–H groups in total. The van der Waals surface area contributed by atoms with Crippen molar-refractivity contribution in [1.29, 1.82) is 0 Å². The summed E-state index contributed by atoms with van der Waals surface area (Å²) < 4.78 is 35.5. The highest BCUT2D eigenvalue weighted by Gasteiger charge is 2.42. The summed E-state index contributed by atoms with van der Waals surface area (Å²) in [6.07, 6.45) is 2.85. The van der Waals surface area contributed by atoms with Crippen LogP contribution in [0.2, 0.25) is 5.02 Å². The van der Waals surface area contributed by atoms with Gasteiger partial charge in [0.25, 0.3) is 0 Å². The summed E-state index contributed by atoms with van der Waals surface area (Å²) in [5, 5.41) is 17.6. The maximum atomic E-state index is 13.9. The van der Waals surface area contributed by atoms with Crippen LogP contribution in [-0.4, -0.2) is 71.1 Å². The lowest BCUT2D eigenvalue weighted by Gasteiger charge is -2.37. The standard InChI is InChI=1S/C34H32ClN5O6S/c1-39-20-24(31(37-39)28-19-25(35)11-16-30(28)41)10-7-22-8-12-26(13-9-22)36-33(42)29-21-46-18-17-40(29)34(43)32(23-5-3-2-4-6-23)38-47(44,45)27-14-15-27/h2-6,8-9,11-13,16,19-20,27,29,32,38,41H,14-15,17-18,21H2,1H3,(H,36,42)/t29-,32+/m0/s1. The second-order valence-corrected chi connectivity index (χ2v) is 13.8. The van der Waals surface area contributed by atoms with E-state index in [2.05, 4.69) is 27.0 Å². The summed E-state index contributed by atoms with van der Waals surface area (Å²) in [7, 11) is -1.95. The monoisotopic (exact) mass is 673 g/mol. The Morgan fingerprint density at radius 1 is 1.06 bits per heavy atom. The molecule has 6 rings (SSSR count). The number of ether oxygens (including phenoxy) is 1. The third kappa shape index (κ3) is 7.50. The van der Waals surface area contributed by atoms with Crippen molar-refractivity contribution in [2.45, 2.75) is 30.2 Å². The van der Waals surface area contributed by atoms with Crippen molar-refractivity contribution in [3.63, 3.8) is 0 Å². The Labute approximate surface area is 277 Å². The number of phenols is 1. The molecule has 1 aliphatic carbocycles. The number of aromatic hydroxyl groups is 1. The molecule has 0 bridgehead atoms. The zero-order valence-electron chi connectivity index (χ0n) is 25.4. The Morgan fingerprint density at radius 2 is 1.81 bits per heavy atom. The number of aryl methyl sites for hydroxylation is 1. The molecule has 1 aliphatic heterocycles. The van der Waals surface area contributed by atoms with Gasteiger partial charge in [0.1, 0.15) is 23.5 Å². The third-order valence-corrected chi connectivity index (χ3v) is 10.0. The molecule has 3 aromatic carbocycles. The lowest BCUT2D eigenvalue weighted by atomic mass is 10.0. The van der Waals surface area contributed by atoms with Crippen LogP contribution < -0.4 is 10.0 Å². The Kier molecular flexibility index (Phi) is 9.33. The molecule has 242 valence electrons. The van der Waals surface area contributed by atoms with Gasteiger partial charge >= 0.3 is 0 Å². The molecule has 2 fully saturated rings. The predicted octanol–water partition coefficient (Wildman–Crippen LogP) is 3.83. The molecule has 47 heavy (non-hydrogen) atoms. The molecule has 11 nitrogen and oxygen atoms in total. The summed E-state index contributed by atoms with van der Waals surface area (Å²) in [4.78, 5) is 28.8. The molecule has 2 heterocycles. The maximum absolute atomic E-state index is 13.9. The van der Waals surface area contributed by atoms with Gasteiger partial charge in [0.05, 0.1) is 24.0 Å². The van der Waals surface area contributed by atoms with Gasteiger partial charge in [0.2, 0.25) is 21.8 Å². The van der Waals surface area contributed by atoms with E-state index in [0.29, 0.717) is 51.5 Å². The first kappa shape index (κ1) is 32.3. The summed E-state index contributed by atoms with van der Waals surface area (Å²) in [5.74, 6) is 5.23. The van der Waals surface area contributed by atoms with Gasteiger partial charge in [0.15, 0.2) is 0 Å². The Morgan fingerprint density at radius 3 is 2.53 bits per heavy atom. The predicted molar refractivity (Wildman–Crippen MR) is 177 cm³/mol. The second-order valence-electron chi connectivity index (χ2n) is 11.4. The molecule has 2 atom stereocenters. The van der Waals surface area contributed by atoms with Crippen LogP contribution in [-0.2, 0) is 31.4 Å². The van der Waals surface area contributed by atoms with Crippen molar-refractivity contribution >= 4 is 39.1 Å². The number of hydrogen-bond acceptors (Lipinski definition) is 7. The molecule has 1 saturated heterocycles. The van der Waals surface area contributed by atoms with Gasteiger partial charge in [-0.1, -0.05) is 53.8 Å². The number of anilines is 1. The van der Waals surface area contributed by atoms with Gasteiger partial charge in [-0.2, -0.15) is 9.82 Å². The molecule has 13 heteroatoms. The molecular formula is C34H32ClN5O6S. The van der Waals surface area contributed by atoms with E-state index in [1.807, 2.05) is 0 Å². The number of halogens is 1. The summed E-state index contributed by atoms with van der Waals surface area (Å²) in [5.41, 5.74) is 3.20. The van der Waals surface area contributed by atoms with E-state index < -0.39 is 39.2 Å². The van der Waals surface area contributed by atoms with E-state index in [1.54, 1.807) is 84.7 Å². The van der Waals surface area contributed by atoms with Gasteiger partial charge in [-0.25, -0.2) is 8.42 Å². The smallest absolute Gasteiger partial charge is 0.249 e. The van der Waals surface area contributed by atoms with Crippen LogP contribution in [0.15, 0.2) is 79.0 Å². The van der Waals surface area contributed by atoms with Crippen LogP contribution in [0.4, 0.5) is 5.69 Å². The fourth-order valence-electron chi connectivity index (χ4n) is 5.27. The first-order chi connectivity index (χ1) is 22.6. The van der Waals surface area contributed by atoms with Gasteiger partial charge in [0, 0.05) is 41.6 Å². The summed E-state index contributed by atoms with van der Waals surface area (Å²) in [6.45, 7) is 0.312. The third-order valence-electron chi connectivity index (χ3n) is 7.88. The normalized spacial score (nSPS) is 17.0. The van der Waals surface area contributed by atoms with Crippen LogP contribution in [0.1, 0.15) is 35.6 Å². The molecule has 0 radical (unpaired) electrons. The number of phenolic OH excluding ortho intramolecular Hbond substituents is 1. The van der Waals surface area contributed by atoms with Crippen LogP contribution in [0, 0.1) is 11.8 Å². The number of hydrogen-bond donors (Lipinski definition) is 3. The highest BCUT2D eigenvalue weighted by molar-refractivity contribution is 7.90. The maximum Gasteiger partial charge on any atom is 0.249 e. The van der Waals surface area contributed by atoms with Crippen molar-refractivity contribution in [3.8, 4) is 28.8 Å². The fourth-order valence-corrected chi connectivity index (χ4v) is 6.96. The first-order valence-corrected chi connectivity index (χ1v) is 16.9. The van der Waals surface area contributed by atoms with Crippen LogP contribution >= 0.6 is 11.6 Å². The zero-order chi connectivity index (χ0) is 33.1. The molecule has 1 aromatic heterocycles. The number of nitrogens with zero attached hydrogens (tertiary/aromatic N) is 3. The van der Waals surface area contributed by atoms with Crippen LogP contribution in [0.25, 0.3) is 11.3 Å². The Hall–Kier alpha value is -4.67. The number of morpholine rings is 1. The van der Waals surface area contributed by atoms with Crippen molar-refractivity contribution in [1.82, 2.24) is 19.4 Å². The van der Waals surface area contributed by atoms with E-state index in [4.69, 9.17) is 16.3 Å². The minimum Gasteiger partial charge on any atom is -0.507 e. The average Bonchev–Trinajstić information content (AvgIpc) is 3.88. The first-order valence-electron chi connectivity index (χ1n) is 15.0. The number of carbonyl (C=O) groups excluding carboxylic acids is 2. The number of rotatable bonds is 8. The number of carbonyl (C=O) groups is 2. The molecule has 4 aromatic rings. The number of aromatic nitrogens is 2. The van der Waals surface area contributed by atoms with Gasteiger partial charge in [-0.15, -0.1) is 0 Å². The Bertz CT molecular complexity index is 1970. The number of amides is 2. The second kappa shape index (κ2) is 13.6. The lowest BCUT2D eigenvalue weighted by molar-refractivity contribution is -0.147. The van der Waals surface area contributed by atoms with E-state index >= 15 is 0 Å². The van der Waals surface area contributed by atoms with Gasteiger partial charge < -0.3 is 20.1 Å². The van der Waals surface area contributed by atoms with Gasteiger partial charge in [-0.05, 0) is 60.9 Å². The topological polar surface area (TPSA) is 143 Å². The molecular weight excluding hydrogens is 642 g/mol. The van der Waals surface area contributed by atoms with E-state index in [-0.39, 0.29) is 25.5 Å². The van der Waals surface area contributed by atoms with Gasteiger partial charge in [-0.3, -0.25) is 14.3 Å². The van der Waals surface area contributed by atoms with E-state index in [1.165, 1.54) is 11.0 Å². The minimum atomic E-state index is -3.71. The number of benzene rings is 3. The van der Waals surface area contributed by atoms with Crippen LogP contribution in [0.5, 0.6) is 5.75 Å². The largest absolute Gasteiger partial charge is 0.507 e. The highest BCUT2D eigenvalue weighted by Crippen LogP contribution is 2.33. The van der Waals surface area contributed by atoms with Crippen molar-refractivity contribution in [3.05, 3.63) is 101 Å².